The Kier molecular flexibility index (Phi) is 5.98. The van der Waals surface area contributed by atoms with Crippen molar-refractivity contribution in [2.24, 2.45) is 0 Å². The molecule has 1 amide bonds. The number of nitrogens with zero attached hydrogens (tertiary/aromatic N) is 5. The number of rotatable bonds is 5. The fourth-order valence-corrected chi connectivity index (χ4v) is 5.07. The molecule has 6 rings (SSSR count). The van der Waals surface area contributed by atoms with Gasteiger partial charge in [-0.05, 0) is 55.1 Å². The van der Waals surface area contributed by atoms with Crippen LogP contribution in [0.3, 0.4) is 0 Å². The Morgan fingerprint density at radius 2 is 1.92 bits per heavy atom. The number of carbonyl (C=O) groups excluding carboxylic acids is 1. The largest absolute Gasteiger partial charge is 0.368 e. The maximum atomic E-state index is 14.7. The second kappa shape index (κ2) is 9.58. The average molecular weight is 486 g/mol. The summed E-state index contributed by atoms with van der Waals surface area (Å²) < 4.78 is 16.4. The number of nitrogens with one attached hydrogen (secondary N) is 2. The van der Waals surface area contributed by atoms with E-state index in [0.717, 1.165) is 54.8 Å². The summed E-state index contributed by atoms with van der Waals surface area (Å²) >= 11 is 0. The van der Waals surface area contributed by atoms with Crippen LogP contribution in [0.2, 0.25) is 0 Å². The number of hydrogen-bond acceptors (Lipinski definition) is 6. The summed E-state index contributed by atoms with van der Waals surface area (Å²) in [6.45, 7) is 3.91. The predicted molar refractivity (Wildman–Crippen MR) is 138 cm³/mol. The average Bonchev–Trinajstić information content (AvgIpc) is 3.60. The number of piperazine rings is 1. The van der Waals surface area contributed by atoms with Crippen molar-refractivity contribution in [1.29, 1.82) is 0 Å². The fraction of sp³-hybridized carbons (Fsp3) is 0.296. The molecule has 4 heterocycles. The highest BCUT2D eigenvalue weighted by Gasteiger charge is 2.29. The van der Waals surface area contributed by atoms with E-state index in [9.17, 15) is 9.18 Å². The van der Waals surface area contributed by atoms with Gasteiger partial charge in [-0.15, -0.1) is 0 Å². The molecule has 0 aliphatic carbocycles. The number of carbonyl (C=O) groups is 1. The topological polar surface area (TPSA) is 78.3 Å². The molecule has 4 aromatic rings. The summed E-state index contributed by atoms with van der Waals surface area (Å²) in [6, 6.07) is 17.7. The monoisotopic (exact) mass is 485 g/mol. The molecular formula is C27H28FN7O. The van der Waals surface area contributed by atoms with Crippen molar-refractivity contribution in [3.05, 3.63) is 72.8 Å². The number of benzene rings is 2. The van der Waals surface area contributed by atoms with Gasteiger partial charge in [-0.25, -0.2) is 9.37 Å². The molecule has 9 heteroatoms. The van der Waals surface area contributed by atoms with Crippen LogP contribution in [0.1, 0.15) is 12.8 Å². The van der Waals surface area contributed by atoms with E-state index in [2.05, 4.69) is 31.6 Å². The lowest BCUT2D eigenvalue weighted by Gasteiger charge is -2.37. The summed E-state index contributed by atoms with van der Waals surface area (Å²) in [4.78, 5) is 25.6. The van der Waals surface area contributed by atoms with Crippen molar-refractivity contribution in [3.8, 4) is 5.82 Å². The highest BCUT2D eigenvalue weighted by atomic mass is 19.1. The van der Waals surface area contributed by atoms with Gasteiger partial charge in [0.1, 0.15) is 0 Å². The van der Waals surface area contributed by atoms with Gasteiger partial charge in [-0.3, -0.25) is 9.36 Å². The van der Waals surface area contributed by atoms with Gasteiger partial charge in [-0.1, -0.05) is 24.3 Å². The Bertz CT molecular complexity index is 1390. The zero-order chi connectivity index (χ0) is 24.5. The zero-order valence-electron chi connectivity index (χ0n) is 19.9. The normalized spacial score (nSPS) is 18.1. The van der Waals surface area contributed by atoms with Gasteiger partial charge in [0.25, 0.3) is 0 Å². The molecule has 2 fully saturated rings. The number of aromatic nitrogens is 3. The van der Waals surface area contributed by atoms with Crippen LogP contribution < -0.4 is 15.5 Å². The third-order valence-electron chi connectivity index (χ3n) is 6.97. The Morgan fingerprint density at radius 1 is 1.06 bits per heavy atom. The molecule has 0 bridgehead atoms. The summed E-state index contributed by atoms with van der Waals surface area (Å²) in [6.07, 6.45) is 5.00. The molecule has 0 radical (unpaired) electrons. The van der Waals surface area contributed by atoms with Crippen molar-refractivity contribution < 1.29 is 9.18 Å². The molecule has 184 valence electrons. The van der Waals surface area contributed by atoms with Gasteiger partial charge in [0.05, 0.1) is 17.8 Å². The summed E-state index contributed by atoms with van der Waals surface area (Å²) in [5.74, 6) is 0.251. The van der Waals surface area contributed by atoms with Crippen LogP contribution in [0.5, 0.6) is 0 Å². The van der Waals surface area contributed by atoms with Crippen molar-refractivity contribution >= 4 is 34.1 Å². The quantitative estimate of drug-likeness (QED) is 0.449. The molecule has 0 saturated carbocycles. The third-order valence-corrected chi connectivity index (χ3v) is 6.97. The minimum absolute atomic E-state index is 0.0193. The van der Waals surface area contributed by atoms with Crippen LogP contribution >= 0.6 is 0 Å². The van der Waals surface area contributed by atoms with Crippen molar-refractivity contribution in [3.63, 3.8) is 0 Å². The van der Waals surface area contributed by atoms with Crippen LogP contribution in [0, 0.1) is 5.82 Å². The second-order valence-electron chi connectivity index (χ2n) is 9.25. The van der Waals surface area contributed by atoms with E-state index in [1.165, 1.54) is 6.20 Å². The number of amides is 1. The number of halogens is 1. The highest BCUT2D eigenvalue weighted by molar-refractivity contribution is 5.83. The van der Waals surface area contributed by atoms with E-state index in [1.807, 2.05) is 59.6 Å². The highest BCUT2D eigenvalue weighted by Crippen LogP contribution is 2.25. The SMILES string of the molecule is O=C(C1CCCN1)N1CCN(c2cccc(Nc3ncc(F)c(-n4ccc5ccccc54)n3)c2)CC1. The molecule has 2 saturated heterocycles. The lowest BCUT2D eigenvalue weighted by Crippen LogP contribution is -2.53. The zero-order valence-corrected chi connectivity index (χ0v) is 19.9. The molecular weight excluding hydrogens is 457 g/mol. The molecule has 2 aromatic carbocycles. The van der Waals surface area contributed by atoms with E-state index < -0.39 is 5.82 Å². The molecule has 2 aromatic heterocycles. The fourth-order valence-electron chi connectivity index (χ4n) is 5.07. The van der Waals surface area contributed by atoms with Crippen LogP contribution in [-0.4, -0.2) is 64.1 Å². The summed E-state index contributed by atoms with van der Waals surface area (Å²) in [7, 11) is 0. The third kappa shape index (κ3) is 4.37. The van der Waals surface area contributed by atoms with Gasteiger partial charge in [0, 0.05) is 43.8 Å². The minimum Gasteiger partial charge on any atom is -0.368 e. The van der Waals surface area contributed by atoms with Crippen molar-refractivity contribution in [2.75, 3.05) is 42.9 Å². The number of hydrogen-bond donors (Lipinski definition) is 2. The van der Waals surface area contributed by atoms with E-state index in [-0.39, 0.29) is 17.8 Å². The van der Waals surface area contributed by atoms with Crippen LogP contribution in [0.25, 0.3) is 16.7 Å². The number of para-hydroxylation sites is 1. The first-order valence-electron chi connectivity index (χ1n) is 12.4. The van der Waals surface area contributed by atoms with Gasteiger partial charge < -0.3 is 20.4 Å². The van der Waals surface area contributed by atoms with Crippen LogP contribution in [0.4, 0.5) is 21.7 Å². The first-order chi connectivity index (χ1) is 17.7. The summed E-state index contributed by atoms with van der Waals surface area (Å²) in [5.41, 5.74) is 2.75. The molecule has 8 nitrogen and oxygen atoms in total. The first-order valence-corrected chi connectivity index (χ1v) is 12.4. The smallest absolute Gasteiger partial charge is 0.239 e. The van der Waals surface area contributed by atoms with Gasteiger partial charge in [0.15, 0.2) is 11.6 Å². The Balaban J connectivity index is 1.16. The Hall–Kier alpha value is -3.98. The lowest BCUT2D eigenvalue weighted by atomic mass is 10.1. The second-order valence-corrected chi connectivity index (χ2v) is 9.25. The molecule has 36 heavy (non-hydrogen) atoms. The lowest BCUT2D eigenvalue weighted by molar-refractivity contribution is -0.133. The van der Waals surface area contributed by atoms with Crippen LogP contribution in [0.15, 0.2) is 67.0 Å². The summed E-state index contributed by atoms with van der Waals surface area (Å²) in [5, 5.41) is 7.54. The standard InChI is InChI=1S/C27H28FN7O/c28-22-18-30-27(32-25(22)35-12-10-19-5-1-2-9-24(19)35)31-20-6-3-7-21(17-20)33-13-15-34(16-14-33)26(36)23-8-4-11-29-23/h1-3,5-7,9-10,12,17-18,23,29H,4,8,11,13-16H2,(H,30,31,32). The van der Waals surface area contributed by atoms with Gasteiger partial charge in [-0.2, -0.15) is 4.98 Å². The molecule has 2 aliphatic rings. The van der Waals surface area contributed by atoms with Gasteiger partial charge >= 0.3 is 0 Å². The molecule has 0 spiro atoms. The minimum atomic E-state index is -0.490. The van der Waals surface area contributed by atoms with E-state index in [0.29, 0.717) is 19.0 Å². The molecule has 2 N–H and O–H groups in total. The maximum absolute atomic E-state index is 14.7. The van der Waals surface area contributed by atoms with Crippen molar-refractivity contribution in [1.82, 2.24) is 24.8 Å². The van der Waals surface area contributed by atoms with Crippen LogP contribution in [-0.2, 0) is 4.79 Å². The Labute approximate surface area is 208 Å². The maximum Gasteiger partial charge on any atom is 0.239 e. The van der Waals surface area contributed by atoms with Crippen molar-refractivity contribution in [2.45, 2.75) is 18.9 Å². The molecule has 1 unspecified atom stereocenters. The predicted octanol–water partition coefficient (Wildman–Crippen LogP) is 3.70. The molecule has 2 aliphatic heterocycles. The first kappa shape index (κ1) is 22.5. The van der Waals surface area contributed by atoms with E-state index in [1.54, 1.807) is 4.57 Å². The van der Waals surface area contributed by atoms with E-state index >= 15 is 0 Å². The van der Waals surface area contributed by atoms with Gasteiger partial charge in [0.2, 0.25) is 11.9 Å². The molecule has 1 atom stereocenters. The van der Waals surface area contributed by atoms with E-state index in [4.69, 9.17) is 0 Å². The Morgan fingerprint density at radius 3 is 2.75 bits per heavy atom. The number of anilines is 3. The number of fused-ring (bicyclic) bond motifs is 1.